The molecule has 2 amide bonds. The molecule has 0 aromatic heterocycles. The Labute approximate surface area is 213 Å². The number of ether oxygens (including phenoxy) is 1. The first-order valence-corrected chi connectivity index (χ1v) is 11.2. The summed E-state index contributed by atoms with van der Waals surface area (Å²) in [6.07, 6.45) is 1.19. The van der Waals surface area contributed by atoms with Crippen molar-refractivity contribution < 1.29 is 23.9 Å². The van der Waals surface area contributed by atoms with E-state index in [1.54, 1.807) is 11.0 Å². The maximum atomic E-state index is 12.4. The van der Waals surface area contributed by atoms with Crippen molar-refractivity contribution in [3.8, 4) is 11.1 Å². The van der Waals surface area contributed by atoms with Gasteiger partial charge < -0.3 is 20.3 Å². The van der Waals surface area contributed by atoms with Gasteiger partial charge in [-0.2, -0.15) is 0 Å². The molecule has 0 fully saturated rings. The predicted molar refractivity (Wildman–Crippen MR) is 141 cm³/mol. The van der Waals surface area contributed by atoms with E-state index >= 15 is 0 Å². The second kappa shape index (κ2) is 13.7. The molecule has 2 aromatic carbocycles. The van der Waals surface area contributed by atoms with Crippen LogP contribution >= 0.6 is 0 Å². The van der Waals surface area contributed by atoms with Crippen molar-refractivity contribution in [2.75, 3.05) is 14.2 Å². The summed E-state index contributed by atoms with van der Waals surface area (Å²) in [5.74, 6) is -0.645. The molecule has 2 N–H and O–H groups in total. The number of hydrogen-bond donors (Lipinski definition) is 2. The smallest absolute Gasteiger partial charge is 0.353 e. The van der Waals surface area contributed by atoms with Crippen molar-refractivity contribution in [1.82, 2.24) is 15.5 Å². The minimum absolute atomic E-state index is 0.00843. The fourth-order valence-electron chi connectivity index (χ4n) is 2.94. The maximum Gasteiger partial charge on any atom is 0.353 e. The van der Waals surface area contributed by atoms with Crippen LogP contribution in [0.1, 0.15) is 54.0 Å². The average Bonchev–Trinajstić information content (AvgIpc) is 3.21. The molecule has 2 aromatic rings. The molecule has 0 spiro atoms. The van der Waals surface area contributed by atoms with Gasteiger partial charge in [-0.05, 0) is 63.6 Å². The Bertz CT molecular complexity index is 1130. The molecule has 8 nitrogen and oxygen atoms in total. The number of carbonyl (C=O) groups is 4. The minimum atomic E-state index is -0.637. The highest BCUT2D eigenvalue weighted by Gasteiger charge is 2.29. The lowest BCUT2D eigenvalue weighted by Crippen LogP contribution is -2.31. The Balaban J connectivity index is 0.000000359. The van der Waals surface area contributed by atoms with Gasteiger partial charge in [-0.1, -0.05) is 43.5 Å². The molecular weight excluding hydrogens is 458 g/mol. The van der Waals surface area contributed by atoms with Crippen LogP contribution < -0.4 is 10.6 Å². The van der Waals surface area contributed by atoms with Crippen LogP contribution in [-0.2, 0) is 20.9 Å². The third-order valence-corrected chi connectivity index (χ3v) is 5.18. The topological polar surface area (TPSA) is 105 Å². The Morgan fingerprint density at radius 3 is 2.17 bits per heavy atom. The molecule has 0 radical (unpaired) electrons. The Morgan fingerprint density at radius 1 is 1.08 bits per heavy atom. The van der Waals surface area contributed by atoms with Crippen LogP contribution in [-0.4, -0.2) is 49.2 Å². The van der Waals surface area contributed by atoms with Crippen molar-refractivity contribution in [2.45, 2.75) is 39.8 Å². The van der Waals surface area contributed by atoms with Gasteiger partial charge >= 0.3 is 5.97 Å². The third kappa shape index (κ3) is 8.63. The van der Waals surface area contributed by atoms with Gasteiger partial charge in [-0.3, -0.25) is 14.4 Å². The molecule has 192 valence electrons. The lowest BCUT2D eigenvalue weighted by atomic mass is 9.96. The van der Waals surface area contributed by atoms with Gasteiger partial charge in [-0.15, -0.1) is 0 Å². The molecular formula is C28H35N3O5. The minimum Gasteiger partial charge on any atom is -0.464 e. The first-order valence-electron chi connectivity index (χ1n) is 11.2. The first kappa shape index (κ1) is 30.0. The molecule has 8 heteroatoms. The zero-order valence-corrected chi connectivity index (χ0v) is 21.8. The Kier molecular flexibility index (Phi) is 11.5. The van der Waals surface area contributed by atoms with E-state index in [4.69, 9.17) is 0 Å². The second-order valence-electron chi connectivity index (χ2n) is 8.93. The molecule has 0 atom stereocenters. The predicted octanol–water partition coefficient (Wildman–Crippen LogP) is 4.08. The summed E-state index contributed by atoms with van der Waals surface area (Å²) < 4.78 is 4.20. The van der Waals surface area contributed by atoms with Crippen molar-refractivity contribution in [1.29, 1.82) is 0 Å². The fraction of sp³-hybridized carbons (Fsp3) is 0.286. The van der Waals surface area contributed by atoms with Crippen LogP contribution in [0.15, 0.2) is 67.0 Å². The van der Waals surface area contributed by atoms with E-state index in [2.05, 4.69) is 44.0 Å². The number of benzene rings is 2. The SMILES string of the molecule is C=C(C)N1Cc2c(cccc2-c2cccc(C=O)c2)C1=O.C=C(NC=O)C(=O)OC.CNC(C)(C)C. The number of amides is 2. The normalized spacial score (nSPS) is 11.6. The molecule has 1 heterocycles. The van der Waals surface area contributed by atoms with Crippen LogP contribution in [0.5, 0.6) is 0 Å². The van der Waals surface area contributed by atoms with Gasteiger partial charge in [0, 0.05) is 22.4 Å². The van der Waals surface area contributed by atoms with Gasteiger partial charge in [0.05, 0.1) is 13.7 Å². The summed E-state index contributed by atoms with van der Waals surface area (Å²) in [5.41, 5.74) is 5.25. The van der Waals surface area contributed by atoms with Gasteiger partial charge in [0.25, 0.3) is 5.91 Å². The standard InChI is InChI=1S/C18H15NO2.C5H7NO3.C5H13N/c1-12(2)19-10-17-15(7-4-8-16(17)18(19)21)14-6-3-5-13(9-14)11-20;1-4(6-3-7)5(8)9-2;1-5(2,3)6-4/h3-9,11H,1,10H2,2H3;3H,1H2,2H3,(H,6,7);6H,1-4H3. The van der Waals surface area contributed by atoms with E-state index < -0.39 is 5.97 Å². The fourth-order valence-corrected chi connectivity index (χ4v) is 2.94. The number of nitrogens with zero attached hydrogens (tertiary/aromatic N) is 1. The van der Waals surface area contributed by atoms with Crippen molar-refractivity contribution in [3.63, 3.8) is 0 Å². The zero-order valence-electron chi connectivity index (χ0n) is 21.8. The van der Waals surface area contributed by atoms with E-state index in [0.29, 0.717) is 29.6 Å². The van der Waals surface area contributed by atoms with Crippen LogP contribution in [0.25, 0.3) is 11.1 Å². The van der Waals surface area contributed by atoms with Gasteiger partial charge in [0.2, 0.25) is 6.41 Å². The molecule has 1 aliphatic heterocycles. The van der Waals surface area contributed by atoms with Crippen molar-refractivity contribution in [2.24, 2.45) is 0 Å². The summed E-state index contributed by atoms with van der Waals surface area (Å²) in [5, 5.41) is 5.15. The molecule has 0 aliphatic carbocycles. The number of nitrogens with one attached hydrogen (secondary N) is 2. The second-order valence-corrected chi connectivity index (χ2v) is 8.93. The van der Waals surface area contributed by atoms with E-state index in [1.165, 1.54) is 7.11 Å². The zero-order chi connectivity index (χ0) is 27.5. The summed E-state index contributed by atoms with van der Waals surface area (Å²) in [6.45, 7) is 15.8. The van der Waals surface area contributed by atoms with Gasteiger partial charge in [-0.25, -0.2) is 4.79 Å². The van der Waals surface area contributed by atoms with E-state index in [0.717, 1.165) is 28.7 Å². The van der Waals surface area contributed by atoms with Crippen LogP contribution in [0.2, 0.25) is 0 Å². The number of hydrogen-bond acceptors (Lipinski definition) is 6. The highest BCUT2D eigenvalue weighted by molar-refractivity contribution is 6.01. The number of carbonyl (C=O) groups excluding carboxylic acids is 4. The van der Waals surface area contributed by atoms with Crippen LogP contribution in [0, 0.1) is 0 Å². The quantitative estimate of drug-likeness (QED) is 0.357. The number of fused-ring (bicyclic) bond motifs is 1. The lowest BCUT2D eigenvalue weighted by molar-refractivity contribution is -0.137. The van der Waals surface area contributed by atoms with Crippen molar-refractivity contribution >= 4 is 24.6 Å². The highest BCUT2D eigenvalue weighted by atomic mass is 16.5. The maximum absolute atomic E-state index is 12.4. The molecule has 3 rings (SSSR count). The lowest BCUT2D eigenvalue weighted by Gasteiger charge is -2.15. The first-order chi connectivity index (χ1) is 16.9. The largest absolute Gasteiger partial charge is 0.464 e. The summed E-state index contributed by atoms with van der Waals surface area (Å²) in [7, 11) is 3.17. The highest BCUT2D eigenvalue weighted by Crippen LogP contribution is 2.34. The van der Waals surface area contributed by atoms with Crippen LogP contribution in [0.4, 0.5) is 0 Å². The summed E-state index contributed by atoms with van der Waals surface area (Å²) in [6, 6.07) is 13.1. The molecule has 1 aliphatic rings. The number of rotatable bonds is 6. The Hall–Kier alpha value is -4.04. The average molecular weight is 494 g/mol. The van der Waals surface area contributed by atoms with Crippen LogP contribution in [0.3, 0.4) is 0 Å². The number of esters is 1. The molecule has 0 saturated carbocycles. The van der Waals surface area contributed by atoms with Crippen molar-refractivity contribution in [3.05, 3.63) is 83.7 Å². The number of methoxy groups -OCH3 is 1. The third-order valence-electron chi connectivity index (χ3n) is 5.18. The summed E-state index contributed by atoms with van der Waals surface area (Å²) >= 11 is 0. The molecule has 0 unspecified atom stereocenters. The monoisotopic (exact) mass is 493 g/mol. The van der Waals surface area contributed by atoms with E-state index in [-0.39, 0.29) is 11.6 Å². The number of allylic oxidation sites excluding steroid dienone is 1. The Morgan fingerprint density at radius 2 is 1.67 bits per heavy atom. The van der Waals surface area contributed by atoms with E-state index in [9.17, 15) is 19.2 Å². The van der Waals surface area contributed by atoms with Gasteiger partial charge in [0.1, 0.15) is 12.0 Å². The van der Waals surface area contributed by atoms with E-state index in [1.807, 2.05) is 55.7 Å². The number of aldehydes is 1. The van der Waals surface area contributed by atoms with Gasteiger partial charge in [0.15, 0.2) is 0 Å². The molecule has 0 saturated heterocycles. The summed E-state index contributed by atoms with van der Waals surface area (Å²) in [4.78, 5) is 45.0. The molecule has 0 bridgehead atoms. The molecule has 36 heavy (non-hydrogen) atoms.